The summed E-state index contributed by atoms with van der Waals surface area (Å²) < 4.78 is 0. The van der Waals surface area contributed by atoms with Crippen molar-refractivity contribution in [1.29, 1.82) is 0 Å². The molecule has 0 saturated carbocycles. The molecule has 0 heterocycles. The normalized spacial score (nSPS) is 19.8. The Morgan fingerprint density at radius 2 is 2.25 bits per heavy atom. The van der Waals surface area contributed by atoms with Crippen LogP contribution in [0, 0.1) is 0 Å². The lowest BCUT2D eigenvalue weighted by Crippen LogP contribution is -2.37. The van der Waals surface area contributed by atoms with E-state index in [9.17, 15) is 5.11 Å². The summed E-state index contributed by atoms with van der Waals surface area (Å²) in [7, 11) is 2.14. The van der Waals surface area contributed by atoms with E-state index in [-0.39, 0.29) is 0 Å². The smallest absolute Gasteiger partial charge is 0.115 e. The Balaban J connectivity index is 2.09. The van der Waals surface area contributed by atoms with Crippen molar-refractivity contribution in [3.8, 4) is 5.75 Å². The summed E-state index contributed by atoms with van der Waals surface area (Å²) in [5, 5.41) is 9.42. The molecule has 0 fully saturated rings. The van der Waals surface area contributed by atoms with Gasteiger partial charge in [-0.25, -0.2) is 0 Å². The van der Waals surface area contributed by atoms with Crippen LogP contribution in [-0.4, -0.2) is 35.5 Å². The first-order valence-corrected chi connectivity index (χ1v) is 6.31. The second-order valence-electron chi connectivity index (χ2n) is 4.52. The standard InChI is InChI=1S/C13H18ClNO/c1-15(7-6-14)12-4-2-11-9-13(16)5-3-10(11)8-12/h3,5,9,12,16H,2,4,6-8H2,1H3/t12-/m1/s1. The monoisotopic (exact) mass is 239 g/mol. The number of hydrogen-bond acceptors (Lipinski definition) is 2. The van der Waals surface area contributed by atoms with E-state index in [0.717, 1.165) is 25.8 Å². The van der Waals surface area contributed by atoms with Crippen LogP contribution in [0.25, 0.3) is 0 Å². The molecule has 1 aromatic carbocycles. The zero-order chi connectivity index (χ0) is 11.5. The minimum atomic E-state index is 0.381. The highest BCUT2D eigenvalue weighted by Gasteiger charge is 2.21. The second-order valence-corrected chi connectivity index (χ2v) is 4.90. The summed E-state index contributed by atoms with van der Waals surface area (Å²) in [6.45, 7) is 0.944. The summed E-state index contributed by atoms with van der Waals surface area (Å²) in [6.07, 6.45) is 3.29. The molecule has 0 bridgehead atoms. The molecule has 0 aliphatic heterocycles. The lowest BCUT2D eigenvalue weighted by atomic mass is 9.87. The molecule has 1 aliphatic carbocycles. The molecule has 3 heteroatoms. The van der Waals surface area contributed by atoms with Crippen LogP contribution in [-0.2, 0) is 12.8 Å². The van der Waals surface area contributed by atoms with Crippen LogP contribution in [0.3, 0.4) is 0 Å². The maximum Gasteiger partial charge on any atom is 0.115 e. The first kappa shape index (κ1) is 11.7. The molecular formula is C13H18ClNO. The fourth-order valence-corrected chi connectivity index (χ4v) is 2.68. The summed E-state index contributed by atoms with van der Waals surface area (Å²) in [5.41, 5.74) is 2.67. The van der Waals surface area contributed by atoms with E-state index < -0.39 is 0 Å². The van der Waals surface area contributed by atoms with Crippen molar-refractivity contribution in [2.75, 3.05) is 19.5 Å². The Hall–Kier alpha value is -0.730. The molecular weight excluding hydrogens is 222 g/mol. The highest BCUT2D eigenvalue weighted by molar-refractivity contribution is 6.18. The van der Waals surface area contributed by atoms with Crippen LogP contribution in [0.2, 0.25) is 0 Å². The topological polar surface area (TPSA) is 23.5 Å². The van der Waals surface area contributed by atoms with E-state index in [1.807, 2.05) is 12.1 Å². The van der Waals surface area contributed by atoms with E-state index in [1.165, 1.54) is 11.1 Å². The zero-order valence-corrected chi connectivity index (χ0v) is 10.4. The first-order chi connectivity index (χ1) is 7.70. The van der Waals surface area contributed by atoms with Crippen molar-refractivity contribution >= 4 is 11.6 Å². The molecule has 2 rings (SSSR count). The van der Waals surface area contributed by atoms with Crippen LogP contribution in [0.5, 0.6) is 5.75 Å². The largest absolute Gasteiger partial charge is 0.508 e. The Morgan fingerprint density at radius 1 is 1.44 bits per heavy atom. The van der Waals surface area contributed by atoms with Crippen molar-refractivity contribution in [2.24, 2.45) is 0 Å². The number of aryl methyl sites for hydroxylation is 1. The Labute approximate surface area is 102 Å². The number of halogens is 1. The minimum absolute atomic E-state index is 0.381. The molecule has 2 nitrogen and oxygen atoms in total. The molecule has 0 aromatic heterocycles. The lowest BCUT2D eigenvalue weighted by Gasteiger charge is -2.32. The SMILES string of the molecule is CN(CCCl)[C@@H]1CCc2cc(O)ccc2C1. The predicted octanol–water partition coefficient (Wildman–Crippen LogP) is 2.42. The molecule has 0 amide bonds. The zero-order valence-electron chi connectivity index (χ0n) is 9.62. The first-order valence-electron chi connectivity index (χ1n) is 5.77. The number of phenols is 1. The molecule has 16 heavy (non-hydrogen) atoms. The van der Waals surface area contributed by atoms with E-state index in [0.29, 0.717) is 17.7 Å². The number of aromatic hydroxyl groups is 1. The molecule has 0 unspecified atom stereocenters. The number of alkyl halides is 1. The average molecular weight is 240 g/mol. The van der Waals surface area contributed by atoms with Crippen molar-refractivity contribution in [2.45, 2.75) is 25.3 Å². The van der Waals surface area contributed by atoms with E-state index in [4.69, 9.17) is 11.6 Å². The Bertz CT molecular complexity index is 367. The van der Waals surface area contributed by atoms with Crippen molar-refractivity contribution < 1.29 is 5.11 Å². The lowest BCUT2D eigenvalue weighted by molar-refractivity contribution is 0.234. The molecule has 1 N–H and O–H groups in total. The van der Waals surface area contributed by atoms with Gasteiger partial charge in [-0.1, -0.05) is 6.07 Å². The fraction of sp³-hybridized carbons (Fsp3) is 0.538. The molecule has 0 saturated heterocycles. The van der Waals surface area contributed by atoms with E-state index in [1.54, 1.807) is 6.07 Å². The number of fused-ring (bicyclic) bond motifs is 1. The molecule has 0 radical (unpaired) electrons. The van der Waals surface area contributed by atoms with Gasteiger partial charge >= 0.3 is 0 Å². The van der Waals surface area contributed by atoms with Gasteiger partial charge in [0.25, 0.3) is 0 Å². The Morgan fingerprint density at radius 3 is 3.00 bits per heavy atom. The third-order valence-electron chi connectivity index (χ3n) is 3.45. The number of hydrogen-bond donors (Lipinski definition) is 1. The summed E-state index contributed by atoms with van der Waals surface area (Å²) >= 11 is 5.76. The van der Waals surface area contributed by atoms with Gasteiger partial charge in [0.05, 0.1) is 0 Å². The van der Waals surface area contributed by atoms with Gasteiger partial charge in [-0.3, -0.25) is 0 Å². The molecule has 88 valence electrons. The molecule has 0 spiro atoms. The van der Waals surface area contributed by atoms with Gasteiger partial charge in [0, 0.05) is 18.5 Å². The van der Waals surface area contributed by atoms with E-state index >= 15 is 0 Å². The van der Waals surface area contributed by atoms with Gasteiger partial charge in [0.2, 0.25) is 0 Å². The summed E-state index contributed by atoms with van der Waals surface area (Å²) in [6, 6.07) is 6.32. The van der Waals surface area contributed by atoms with Crippen molar-refractivity contribution in [3.63, 3.8) is 0 Å². The van der Waals surface area contributed by atoms with Crippen LogP contribution >= 0.6 is 11.6 Å². The second kappa shape index (κ2) is 5.07. The minimum Gasteiger partial charge on any atom is -0.508 e. The maximum absolute atomic E-state index is 9.42. The maximum atomic E-state index is 9.42. The van der Waals surface area contributed by atoms with Crippen molar-refractivity contribution in [1.82, 2.24) is 4.90 Å². The number of benzene rings is 1. The van der Waals surface area contributed by atoms with Gasteiger partial charge < -0.3 is 10.0 Å². The molecule has 1 aliphatic rings. The van der Waals surface area contributed by atoms with Gasteiger partial charge in [-0.2, -0.15) is 0 Å². The molecule has 1 atom stereocenters. The van der Waals surface area contributed by atoms with Crippen LogP contribution in [0.4, 0.5) is 0 Å². The third kappa shape index (κ3) is 2.50. The van der Waals surface area contributed by atoms with Gasteiger partial charge in [-0.15, -0.1) is 11.6 Å². The van der Waals surface area contributed by atoms with E-state index in [2.05, 4.69) is 11.9 Å². The van der Waals surface area contributed by atoms with Crippen LogP contribution in [0.1, 0.15) is 17.5 Å². The number of phenolic OH excluding ortho intramolecular Hbond substituents is 1. The number of likely N-dealkylation sites (N-methyl/N-ethyl adjacent to an activating group) is 1. The van der Waals surface area contributed by atoms with Gasteiger partial charge in [0.1, 0.15) is 5.75 Å². The summed E-state index contributed by atoms with van der Waals surface area (Å²) in [5.74, 6) is 1.07. The van der Waals surface area contributed by atoms with Crippen molar-refractivity contribution in [3.05, 3.63) is 29.3 Å². The highest BCUT2D eigenvalue weighted by Crippen LogP contribution is 2.26. The summed E-state index contributed by atoms with van der Waals surface area (Å²) in [4.78, 5) is 2.34. The Kier molecular flexibility index (Phi) is 3.72. The highest BCUT2D eigenvalue weighted by atomic mass is 35.5. The predicted molar refractivity (Wildman–Crippen MR) is 67.3 cm³/mol. The van der Waals surface area contributed by atoms with Gasteiger partial charge in [0.15, 0.2) is 0 Å². The average Bonchev–Trinajstić information content (AvgIpc) is 2.28. The van der Waals surface area contributed by atoms with Gasteiger partial charge in [-0.05, 0) is 49.6 Å². The number of rotatable bonds is 3. The van der Waals surface area contributed by atoms with Crippen LogP contribution < -0.4 is 0 Å². The fourth-order valence-electron chi connectivity index (χ4n) is 2.41. The third-order valence-corrected chi connectivity index (χ3v) is 3.62. The van der Waals surface area contributed by atoms with Crippen LogP contribution in [0.15, 0.2) is 18.2 Å². The quantitative estimate of drug-likeness (QED) is 0.819. The molecule has 1 aromatic rings. The number of nitrogens with zero attached hydrogens (tertiary/aromatic N) is 1.